The van der Waals surface area contributed by atoms with Gasteiger partial charge in [-0.25, -0.2) is 0 Å². The number of hydrogen-bond acceptors (Lipinski definition) is 3. The summed E-state index contributed by atoms with van der Waals surface area (Å²) < 4.78 is 5.69. The molecule has 4 heteroatoms. The van der Waals surface area contributed by atoms with Crippen molar-refractivity contribution in [3.05, 3.63) is 21.4 Å². The zero-order valence-electron chi connectivity index (χ0n) is 11.6. The van der Waals surface area contributed by atoms with Crippen LogP contribution in [0, 0.1) is 0 Å². The van der Waals surface area contributed by atoms with Crippen LogP contribution in [0.1, 0.15) is 46.8 Å². The van der Waals surface area contributed by atoms with Gasteiger partial charge in [-0.2, -0.15) is 0 Å². The van der Waals surface area contributed by atoms with Crippen molar-refractivity contribution < 1.29 is 9.53 Å². The quantitative estimate of drug-likeness (QED) is 0.791. The zero-order valence-corrected chi connectivity index (χ0v) is 12.5. The normalized spacial score (nSPS) is 27.2. The lowest BCUT2D eigenvalue weighted by Crippen LogP contribution is -2.48. The zero-order chi connectivity index (χ0) is 13.4. The Morgan fingerprint density at radius 1 is 1.26 bits per heavy atom. The SMILES string of the molecule is CC1CN(C(=O)c2cc3c(s2)CCCC3)CC(C)O1. The molecule has 2 atom stereocenters. The summed E-state index contributed by atoms with van der Waals surface area (Å²) in [5, 5.41) is 0. The maximum atomic E-state index is 12.6. The molecule has 1 aliphatic heterocycles. The van der Waals surface area contributed by atoms with Crippen molar-refractivity contribution in [1.29, 1.82) is 0 Å². The van der Waals surface area contributed by atoms with E-state index < -0.39 is 0 Å². The molecule has 1 aromatic rings. The molecule has 1 aromatic heterocycles. The van der Waals surface area contributed by atoms with Gasteiger partial charge in [0, 0.05) is 18.0 Å². The van der Waals surface area contributed by atoms with Crippen LogP contribution in [-0.4, -0.2) is 36.1 Å². The molecule has 3 nitrogen and oxygen atoms in total. The van der Waals surface area contributed by atoms with Crippen molar-refractivity contribution in [2.45, 2.75) is 51.7 Å². The fourth-order valence-electron chi connectivity index (χ4n) is 3.10. The van der Waals surface area contributed by atoms with E-state index in [4.69, 9.17) is 4.74 Å². The number of rotatable bonds is 1. The fraction of sp³-hybridized carbons (Fsp3) is 0.667. The number of morpholine rings is 1. The van der Waals surface area contributed by atoms with Crippen molar-refractivity contribution in [2.24, 2.45) is 0 Å². The van der Waals surface area contributed by atoms with Crippen LogP contribution in [0.3, 0.4) is 0 Å². The Kier molecular flexibility index (Phi) is 3.63. The molecule has 1 aliphatic carbocycles. The lowest BCUT2D eigenvalue weighted by Gasteiger charge is -2.35. The summed E-state index contributed by atoms with van der Waals surface area (Å²) >= 11 is 1.71. The van der Waals surface area contributed by atoms with Gasteiger partial charge < -0.3 is 9.64 Å². The third kappa shape index (κ3) is 2.70. The van der Waals surface area contributed by atoms with Gasteiger partial charge in [0.25, 0.3) is 5.91 Å². The molecule has 0 N–H and O–H groups in total. The minimum atomic E-state index is 0.141. The van der Waals surface area contributed by atoms with Gasteiger partial charge in [-0.15, -0.1) is 11.3 Å². The summed E-state index contributed by atoms with van der Waals surface area (Å²) in [6, 6.07) is 2.13. The molecule has 2 unspecified atom stereocenters. The van der Waals surface area contributed by atoms with Gasteiger partial charge in [0.2, 0.25) is 0 Å². The topological polar surface area (TPSA) is 29.5 Å². The molecular weight excluding hydrogens is 258 g/mol. The van der Waals surface area contributed by atoms with Crippen LogP contribution in [0.25, 0.3) is 0 Å². The average Bonchev–Trinajstić information content (AvgIpc) is 2.80. The van der Waals surface area contributed by atoms with E-state index in [9.17, 15) is 4.79 Å². The van der Waals surface area contributed by atoms with E-state index in [-0.39, 0.29) is 18.1 Å². The van der Waals surface area contributed by atoms with E-state index in [0.29, 0.717) is 13.1 Å². The van der Waals surface area contributed by atoms with Crippen LogP contribution in [0.2, 0.25) is 0 Å². The van der Waals surface area contributed by atoms with Crippen LogP contribution >= 0.6 is 11.3 Å². The Morgan fingerprint density at radius 2 is 1.95 bits per heavy atom. The molecule has 0 bridgehead atoms. The third-order valence-electron chi connectivity index (χ3n) is 3.91. The molecule has 3 rings (SSSR count). The number of ether oxygens (including phenoxy) is 1. The first-order chi connectivity index (χ1) is 9.13. The molecule has 0 radical (unpaired) electrons. The van der Waals surface area contributed by atoms with Gasteiger partial charge in [-0.3, -0.25) is 4.79 Å². The minimum Gasteiger partial charge on any atom is -0.372 e. The van der Waals surface area contributed by atoms with Gasteiger partial charge in [-0.1, -0.05) is 0 Å². The van der Waals surface area contributed by atoms with E-state index >= 15 is 0 Å². The smallest absolute Gasteiger partial charge is 0.264 e. The van der Waals surface area contributed by atoms with E-state index in [1.165, 1.54) is 23.3 Å². The molecule has 1 fully saturated rings. The predicted molar refractivity (Wildman–Crippen MR) is 76.9 cm³/mol. The monoisotopic (exact) mass is 279 g/mol. The lowest BCUT2D eigenvalue weighted by molar-refractivity contribution is -0.0585. The van der Waals surface area contributed by atoms with Gasteiger partial charge in [0.05, 0.1) is 17.1 Å². The second kappa shape index (κ2) is 5.25. The van der Waals surface area contributed by atoms with Crippen LogP contribution in [0.15, 0.2) is 6.07 Å². The Morgan fingerprint density at radius 3 is 2.63 bits per heavy atom. The van der Waals surface area contributed by atoms with Gasteiger partial charge in [0.1, 0.15) is 0 Å². The first kappa shape index (κ1) is 13.1. The van der Waals surface area contributed by atoms with Crippen LogP contribution in [0.4, 0.5) is 0 Å². The molecule has 2 aliphatic rings. The number of thiophene rings is 1. The van der Waals surface area contributed by atoms with Gasteiger partial charge >= 0.3 is 0 Å². The highest BCUT2D eigenvalue weighted by Gasteiger charge is 2.28. The molecule has 0 aromatic carbocycles. The molecule has 1 saturated heterocycles. The maximum Gasteiger partial charge on any atom is 0.264 e. The van der Waals surface area contributed by atoms with Crippen LogP contribution in [0.5, 0.6) is 0 Å². The molecule has 1 amide bonds. The molecular formula is C15H21NO2S. The Labute approximate surface area is 118 Å². The number of nitrogens with zero attached hydrogens (tertiary/aromatic N) is 1. The second-order valence-corrected chi connectivity index (χ2v) is 6.87. The highest BCUT2D eigenvalue weighted by atomic mass is 32.1. The Balaban J connectivity index is 1.77. The first-order valence-electron chi connectivity index (χ1n) is 7.20. The maximum absolute atomic E-state index is 12.6. The third-order valence-corrected chi connectivity index (χ3v) is 5.14. The fourth-order valence-corrected chi connectivity index (χ4v) is 4.32. The van der Waals surface area contributed by atoms with Crippen molar-refractivity contribution >= 4 is 17.2 Å². The number of fused-ring (bicyclic) bond motifs is 1. The van der Waals surface area contributed by atoms with Crippen LogP contribution in [-0.2, 0) is 17.6 Å². The summed E-state index contributed by atoms with van der Waals surface area (Å²) in [6.45, 7) is 5.50. The van der Waals surface area contributed by atoms with Crippen molar-refractivity contribution in [1.82, 2.24) is 4.90 Å². The number of hydrogen-bond donors (Lipinski definition) is 0. The van der Waals surface area contributed by atoms with Gasteiger partial charge in [-0.05, 0) is 51.2 Å². The number of amides is 1. The first-order valence-corrected chi connectivity index (χ1v) is 8.01. The van der Waals surface area contributed by atoms with E-state index in [1.807, 2.05) is 18.7 Å². The molecule has 19 heavy (non-hydrogen) atoms. The van der Waals surface area contributed by atoms with Crippen molar-refractivity contribution in [3.8, 4) is 0 Å². The number of carbonyl (C=O) groups is 1. The predicted octanol–water partition coefficient (Wildman–Crippen LogP) is 2.88. The molecule has 2 heterocycles. The summed E-state index contributed by atoms with van der Waals surface area (Å²) in [7, 11) is 0. The van der Waals surface area contributed by atoms with Crippen molar-refractivity contribution in [2.75, 3.05) is 13.1 Å². The number of aryl methyl sites for hydroxylation is 2. The number of carbonyl (C=O) groups excluding carboxylic acids is 1. The minimum absolute atomic E-state index is 0.141. The summed E-state index contributed by atoms with van der Waals surface area (Å²) in [4.78, 5) is 16.9. The van der Waals surface area contributed by atoms with Gasteiger partial charge in [0.15, 0.2) is 0 Å². The summed E-state index contributed by atoms with van der Waals surface area (Å²) in [6.07, 6.45) is 5.12. The standard InChI is InChI=1S/C15H21NO2S/c1-10-8-16(9-11(2)18-10)15(17)14-7-12-5-3-4-6-13(12)19-14/h7,10-11H,3-6,8-9H2,1-2H3. The van der Waals surface area contributed by atoms with E-state index in [2.05, 4.69) is 6.07 Å². The summed E-state index contributed by atoms with van der Waals surface area (Å²) in [5.41, 5.74) is 1.41. The lowest BCUT2D eigenvalue weighted by atomic mass is 9.99. The Hall–Kier alpha value is -0.870. The van der Waals surface area contributed by atoms with Crippen LogP contribution < -0.4 is 0 Å². The van der Waals surface area contributed by atoms with E-state index in [0.717, 1.165) is 17.7 Å². The largest absolute Gasteiger partial charge is 0.372 e. The highest BCUT2D eigenvalue weighted by molar-refractivity contribution is 7.14. The Bertz CT molecular complexity index is 449. The molecule has 104 valence electrons. The molecule has 0 spiro atoms. The summed E-state index contributed by atoms with van der Waals surface area (Å²) in [5.74, 6) is 0.196. The second-order valence-electron chi connectivity index (χ2n) is 5.73. The molecule has 0 saturated carbocycles. The highest BCUT2D eigenvalue weighted by Crippen LogP contribution is 2.30. The van der Waals surface area contributed by atoms with E-state index in [1.54, 1.807) is 11.3 Å². The van der Waals surface area contributed by atoms with Crippen molar-refractivity contribution in [3.63, 3.8) is 0 Å². The average molecular weight is 279 g/mol.